The molecular weight excluding hydrogens is 374 g/mol. The Kier molecular flexibility index (Phi) is 4.38. The molecule has 0 saturated heterocycles. The van der Waals surface area contributed by atoms with Crippen molar-refractivity contribution in [2.45, 2.75) is 39.8 Å². The van der Waals surface area contributed by atoms with E-state index in [4.69, 9.17) is 4.98 Å². The molecule has 0 spiro atoms. The summed E-state index contributed by atoms with van der Waals surface area (Å²) in [4.78, 5) is 5.01. The van der Waals surface area contributed by atoms with Crippen LogP contribution in [0, 0.1) is 0 Å². The zero-order chi connectivity index (χ0) is 17.4. The fourth-order valence-electron chi connectivity index (χ4n) is 3.64. The van der Waals surface area contributed by atoms with Gasteiger partial charge in [-0.25, -0.2) is 4.98 Å². The second-order valence-corrected chi connectivity index (χ2v) is 7.20. The molecular formula is C21H22BrN3. The van der Waals surface area contributed by atoms with E-state index < -0.39 is 0 Å². The molecule has 0 atom stereocenters. The van der Waals surface area contributed by atoms with Gasteiger partial charge in [0.15, 0.2) is 5.82 Å². The normalized spacial score (nSPS) is 11.6. The standard InChI is InChI=1S/C21H22BrN3/c1-3-13-24-17-11-7-5-9-15(17)19(22)20(24)21-23-16-10-6-8-12-18(16)25(21)14-4-2/h5-12H,3-4,13-14H2,1-2H3. The van der Waals surface area contributed by atoms with E-state index in [1.165, 1.54) is 22.1 Å². The molecule has 0 amide bonds. The number of imidazole rings is 1. The van der Waals surface area contributed by atoms with Crippen molar-refractivity contribution < 1.29 is 0 Å². The van der Waals surface area contributed by atoms with E-state index in [0.717, 1.165) is 41.7 Å². The third-order valence-corrected chi connectivity index (χ3v) is 5.47. The lowest BCUT2D eigenvalue weighted by Gasteiger charge is -2.12. The van der Waals surface area contributed by atoms with Crippen molar-refractivity contribution in [1.82, 2.24) is 14.1 Å². The summed E-state index contributed by atoms with van der Waals surface area (Å²) >= 11 is 3.88. The molecule has 0 radical (unpaired) electrons. The fraction of sp³-hybridized carbons (Fsp3) is 0.286. The maximum Gasteiger partial charge on any atom is 0.159 e. The van der Waals surface area contributed by atoms with Gasteiger partial charge >= 0.3 is 0 Å². The van der Waals surface area contributed by atoms with Crippen LogP contribution in [0.4, 0.5) is 0 Å². The number of aryl methyl sites for hydroxylation is 2. The lowest BCUT2D eigenvalue weighted by atomic mass is 10.2. The van der Waals surface area contributed by atoms with Crippen molar-refractivity contribution in [2.75, 3.05) is 0 Å². The molecule has 4 aromatic rings. The summed E-state index contributed by atoms with van der Waals surface area (Å²) in [5.74, 6) is 1.06. The molecule has 0 fully saturated rings. The third-order valence-electron chi connectivity index (χ3n) is 4.67. The molecule has 25 heavy (non-hydrogen) atoms. The van der Waals surface area contributed by atoms with Crippen LogP contribution in [0.5, 0.6) is 0 Å². The summed E-state index contributed by atoms with van der Waals surface area (Å²) in [5, 5.41) is 1.25. The highest BCUT2D eigenvalue weighted by Gasteiger charge is 2.21. The van der Waals surface area contributed by atoms with Gasteiger partial charge in [-0.15, -0.1) is 0 Å². The second kappa shape index (κ2) is 6.68. The molecule has 0 bridgehead atoms. The molecule has 0 unspecified atom stereocenters. The van der Waals surface area contributed by atoms with Gasteiger partial charge < -0.3 is 9.13 Å². The number of para-hydroxylation sites is 3. The number of rotatable bonds is 5. The number of hydrogen-bond donors (Lipinski definition) is 0. The minimum Gasteiger partial charge on any atom is -0.337 e. The maximum absolute atomic E-state index is 5.01. The average Bonchev–Trinajstić information content (AvgIpc) is 3.12. The second-order valence-electron chi connectivity index (χ2n) is 6.41. The highest BCUT2D eigenvalue weighted by molar-refractivity contribution is 9.10. The number of benzene rings is 2. The molecule has 128 valence electrons. The monoisotopic (exact) mass is 395 g/mol. The number of halogens is 1. The molecule has 2 aromatic heterocycles. The molecule has 3 nitrogen and oxygen atoms in total. The van der Waals surface area contributed by atoms with Gasteiger partial charge in [-0.3, -0.25) is 0 Å². The Morgan fingerprint density at radius 2 is 1.48 bits per heavy atom. The summed E-state index contributed by atoms with van der Waals surface area (Å²) in [7, 11) is 0. The van der Waals surface area contributed by atoms with Gasteiger partial charge in [0.1, 0.15) is 0 Å². The number of fused-ring (bicyclic) bond motifs is 2. The van der Waals surface area contributed by atoms with Crippen molar-refractivity contribution >= 4 is 37.9 Å². The Morgan fingerprint density at radius 3 is 2.24 bits per heavy atom. The SMILES string of the molecule is CCCn1c(-c2c(Br)c3ccccc3n2CCC)nc2ccccc21. The molecule has 0 aliphatic heterocycles. The lowest BCUT2D eigenvalue weighted by molar-refractivity contribution is 0.677. The molecule has 0 N–H and O–H groups in total. The first kappa shape index (κ1) is 16.4. The van der Waals surface area contributed by atoms with Crippen molar-refractivity contribution in [2.24, 2.45) is 0 Å². The Bertz CT molecular complexity index is 1040. The summed E-state index contributed by atoms with van der Waals surface area (Å²) in [6.45, 7) is 6.39. The van der Waals surface area contributed by atoms with Crippen molar-refractivity contribution in [3.05, 3.63) is 53.0 Å². The Balaban J connectivity index is 2.08. The Morgan fingerprint density at radius 1 is 0.840 bits per heavy atom. The molecule has 2 heterocycles. The fourth-order valence-corrected chi connectivity index (χ4v) is 4.37. The highest BCUT2D eigenvalue weighted by atomic mass is 79.9. The largest absolute Gasteiger partial charge is 0.337 e. The van der Waals surface area contributed by atoms with Crippen LogP contribution in [-0.2, 0) is 13.1 Å². The van der Waals surface area contributed by atoms with Gasteiger partial charge in [0.2, 0.25) is 0 Å². The topological polar surface area (TPSA) is 22.8 Å². The average molecular weight is 396 g/mol. The van der Waals surface area contributed by atoms with Crippen LogP contribution >= 0.6 is 15.9 Å². The Labute approximate surface area is 156 Å². The summed E-state index contributed by atoms with van der Waals surface area (Å²) < 4.78 is 5.91. The van der Waals surface area contributed by atoms with E-state index >= 15 is 0 Å². The first-order valence-corrected chi connectivity index (χ1v) is 9.77. The molecule has 2 aromatic carbocycles. The van der Waals surface area contributed by atoms with E-state index in [2.05, 4.69) is 87.4 Å². The molecule has 0 aliphatic carbocycles. The van der Waals surface area contributed by atoms with E-state index in [-0.39, 0.29) is 0 Å². The van der Waals surface area contributed by atoms with Gasteiger partial charge in [0.05, 0.1) is 21.2 Å². The predicted molar refractivity (Wildman–Crippen MR) is 109 cm³/mol. The van der Waals surface area contributed by atoms with Gasteiger partial charge in [0, 0.05) is 24.0 Å². The van der Waals surface area contributed by atoms with Crippen LogP contribution in [0.2, 0.25) is 0 Å². The van der Waals surface area contributed by atoms with Gasteiger partial charge in [0.25, 0.3) is 0 Å². The van der Waals surface area contributed by atoms with E-state index in [1.54, 1.807) is 0 Å². The van der Waals surface area contributed by atoms with Crippen molar-refractivity contribution in [3.8, 4) is 11.5 Å². The first-order chi connectivity index (χ1) is 12.3. The molecule has 0 saturated carbocycles. The van der Waals surface area contributed by atoms with E-state index in [9.17, 15) is 0 Å². The number of nitrogens with zero attached hydrogens (tertiary/aromatic N) is 3. The van der Waals surface area contributed by atoms with Crippen molar-refractivity contribution in [3.63, 3.8) is 0 Å². The zero-order valence-corrected chi connectivity index (χ0v) is 16.3. The van der Waals surface area contributed by atoms with Gasteiger partial charge in [-0.1, -0.05) is 44.2 Å². The summed E-state index contributed by atoms with van der Waals surface area (Å²) in [6.07, 6.45) is 2.17. The van der Waals surface area contributed by atoms with Crippen LogP contribution in [-0.4, -0.2) is 14.1 Å². The van der Waals surface area contributed by atoms with Crippen LogP contribution in [0.1, 0.15) is 26.7 Å². The predicted octanol–water partition coefficient (Wildman–Crippen LogP) is 6.24. The minimum atomic E-state index is 0.968. The van der Waals surface area contributed by atoms with E-state index in [0.29, 0.717) is 0 Å². The zero-order valence-electron chi connectivity index (χ0n) is 14.7. The van der Waals surface area contributed by atoms with Gasteiger partial charge in [-0.05, 0) is 47.0 Å². The molecule has 0 aliphatic rings. The Hall–Kier alpha value is -2.07. The summed E-state index contributed by atoms with van der Waals surface area (Å²) in [6, 6.07) is 17.0. The van der Waals surface area contributed by atoms with Crippen LogP contribution < -0.4 is 0 Å². The molecule has 4 rings (SSSR count). The third kappa shape index (κ3) is 2.60. The smallest absolute Gasteiger partial charge is 0.159 e. The van der Waals surface area contributed by atoms with E-state index in [1.807, 2.05) is 0 Å². The number of hydrogen-bond acceptors (Lipinski definition) is 1. The lowest BCUT2D eigenvalue weighted by Crippen LogP contribution is -2.05. The quantitative estimate of drug-likeness (QED) is 0.392. The van der Waals surface area contributed by atoms with Gasteiger partial charge in [-0.2, -0.15) is 0 Å². The minimum absolute atomic E-state index is 0.968. The molecule has 4 heteroatoms. The highest BCUT2D eigenvalue weighted by Crippen LogP contribution is 2.38. The summed E-state index contributed by atoms with van der Waals surface area (Å²) in [5.41, 5.74) is 4.72. The van der Waals surface area contributed by atoms with Crippen LogP contribution in [0.15, 0.2) is 53.0 Å². The van der Waals surface area contributed by atoms with Crippen molar-refractivity contribution in [1.29, 1.82) is 0 Å². The van der Waals surface area contributed by atoms with Crippen LogP contribution in [0.25, 0.3) is 33.5 Å². The first-order valence-electron chi connectivity index (χ1n) is 8.98. The maximum atomic E-state index is 5.01. The number of aromatic nitrogens is 3. The van der Waals surface area contributed by atoms with Crippen LogP contribution in [0.3, 0.4) is 0 Å².